The van der Waals surface area contributed by atoms with Crippen LogP contribution in [0.4, 0.5) is 0 Å². The Kier molecular flexibility index (Phi) is 6.81. The van der Waals surface area contributed by atoms with Gasteiger partial charge >= 0.3 is 5.97 Å². The third-order valence-electron chi connectivity index (χ3n) is 2.97. The molecule has 0 aliphatic carbocycles. The third kappa shape index (κ3) is 6.35. The van der Waals surface area contributed by atoms with Crippen LogP contribution in [0.1, 0.15) is 29.3 Å². The predicted molar refractivity (Wildman–Crippen MR) is 83.6 cm³/mol. The maximum atomic E-state index is 12.0. The molecule has 0 aliphatic rings. The van der Waals surface area contributed by atoms with Crippen LogP contribution in [0.3, 0.4) is 0 Å². The summed E-state index contributed by atoms with van der Waals surface area (Å²) in [6, 6.07) is 6.70. The van der Waals surface area contributed by atoms with Gasteiger partial charge in [0, 0.05) is 40.5 Å². The second-order valence-corrected chi connectivity index (χ2v) is 6.45. The monoisotopic (exact) mass is 309 g/mol. The molecule has 5 nitrogen and oxygen atoms in total. The summed E-state index contributed by atoms with van der Waals surface area (Å²) in [5.41, 5.74) is 1.11. The van der Waals surface area contributed by atoms with E-state index in [1.165, 1.54) is 6.08 Å². The van der Waals surface area contributed by atoms with Crippen LogP contribution in [0.5, 0.6) is 0 Å². The van der Waals surface area contributed by atoms with Crippen molar-refractivity contribution in [3.63, 3.8) is 0 Å². The second-order valence-electron chi connectivity index (χ2n) is 4.65. The lowest BCUT2D eigenvalue weighted by molar-refractivity contribution is -0.131. The lowest BCUT2D eigenvalue weighted by Gasteiger charge is -2.09. The van der Waals surface area contributed by atoms with Crippen LogP contribution in [0.15, 0.2) is 30.3 Å². The van der Waals surface area contributed by atoms with Crippen molar-refractivity contribution in [1.29, 1.82) is 0 Å². The topological polar surface area (TPSA) is 83.5 Å². The van der Waals surface area contributed by atoms with Crippen molar-refractivity contribution in [3.05, 3.63) is 41.5 Å². The molecule has 0 heterocycles. The number of nitrogens with one attached hydrogen (secondary N) is 1. The van der Waals surface area contributed by atoms with Gasteiger partial charge in [0.25, 0.3) is 5.91 Å². The molecule has 0 fully saturated rings. The van der Waals surface area contributed by atoms with Crippen LogP contribution in [-0.4, -0.2) is 39.2 Å². The molecule has 6 heteroatoms. The molecule has 2 unspecified atom stereocenters. The fourth-order valence-corrected chi connectivity index (χ4v) is 2.06. The summed E-state index contributed by atoms with van der Waals surface area (Å²) in [4.78, 5) is 22.4. The summed E-state index contributed by atoms with van der Waals surface area (Å²) in [5, 5.41) is 11.4. The molecule has 0 saturated heterocycles. The van der Waals surface area contributed by atoms with Gasteiger partial charge in [0.1, 0.15) is 0 Å². The smallest absolute Gasteiger partial charge is 0.328 e. The van der Waals surface area contributed by atoms with Crippen LogP contribution < -0.4 is 5.32 Å². The van der Waals surface area contributed by atoms with Gasteiger partial charge < -0.3 is 10.4 Å². The van der Waals surface area contributed by atoms with E-state index in [-0.39, 0.29) is 11.2 Å². The van der Waals surface area contributed by atoms with Gasteiger partial charge in [-0.25, -0.2) is 4.79 Å². The molecule has 0 bridgehead atoms. The Balaban J connectivity index is 2.60. The number of carbonyl (C=O) groups excluding carboxylic acids is 1. The Labute approximate surface area is 126 Å². The molecule has 0 saturated carbocycles. The molecular weight excluding hydrogens is 290 g/mol. The number of aliphatic carboxylic acids is 1. The molecule has 114 valence electrons. The second kappa shape index (κ2) is 8.36. The van der Waals surface area contributed by atoms with Crippen LogP contribution >= 0.6 is 0 Å². The lowest BCUT2D eigenvalue weighted by atomic mass is 10.1. The van der Waals surface area contributed by atoms with Gasteiger partial charge in [-0.2, -0.15) is 0 Å². The van der Waals surface area contributed by atoms with Gasteiger partial charge in [0.2, 0.25) is 0 Å². The largest absolute Gasteiger partial charge is 0.478 e. The minimum atomic E-state index is -1.04. The summed E-state index contributed by atoms with van der Waals surface area (Å²) in [7, 11) is -0.896. The molecular formula is C15H19NO4S. The first-order valence-electron chi connectivity index (χ1n) is 6.51. The Hall–Kier alpha value is -1.95. The van der Waals surface area contributed by atoms with Gasteiger partial charge in [-0.1, -0.05) is 19.1 Å². The zero-order chi connectivity index (χ0) is 15.8. The first-order valence-corrected chi connectivity index (χ1v) is 8.13. The highest BCUT2D eigenvalue weighted by Gasteiger charge is 2.08. The normalized spacial score (nSPS) is 13.8. The molecule has 21 heavy (non-hydrogen) atoms. The molecule has 0 spiro atoms. The maximum Gasteiger partial charge on any atom is 0.328 e. The van der Waals surface area contributed by atoms with E-state index in [4.69, 9.17) is 5.11 Å². The molecule has 0 radical (unpaired) electrons. The molecule has 0 aromatic heterocycles. The molecule has 2 atom stereocenters. The number of carboxylic acids is 1. The number of carboxylic acid groups (broad SMARTS) is 1. The highest BCUT2D eigenvalue weighted by Crippen LogP contribution is 2.07. The molecule has 1 aromatic rings. The minimum Gasteiger partial charge on any atom is -0.478 e. The number of hydrogen-bond acceptors (Lipinski definition) is 3. The molecule has 2 N–H and O–H groups in total. The van der Waals surface area contributed by atoms with Gasteiger partial charge in [-0.05, 0) is 30.2 Å². The fraction of sp³-hybridized carbons (Fsp3) is 0.333. The van der Waals surface area contributed by atoms with Crippen molar-refractivity contribution in [1.82, 2.24) is 5.32 Å². The van der Waals surface area contributed by atoms with E-state index >= 15 is 0 Å². The lowest BCUT2D eigenvalue weighted by Crippen LogP contribution is -2.27. The fourth-order valence-electron chi connectivity index (χ4n) is 1.61. The van der Waals surface area contributed by atoms with Crippen molar-refractivity contribution < 1.29 is 18.9 Å². The van der Waals surface area contributed by atoms with Crippen LogP contribution in [-0.2, 0) is 15.6 Å². The zero-order valence-corrected chi connectivity index (χ0v) is 12.9. The SMILES string of the molecule is CC(CCNC(=O)c1cccc(/C=C/C(=O)O)c1)S(C)=O. The number of benzene rings is 1. The average Bonchev–Trinajstić information content (AvgIpc) is 2.45. The van der Waals surface area contributed by atoms with E-state index in [1.54, 1.807) is 30.5 Å². The molecule has 1 rings (SSSR count). The average molecular weight is 309 g/mol. The Morgan fingerprint density at radius 3 is 2.76 bits per heavy atom. The van der Waals surface area contributed by atoms with Gasteiger partial charge in [0.15, 0.2) is 0 Å². The van der Waals surface area contributed by atoms with E-state index in [2.05, 4.69) is 5.32 Å². The van der Waals surface area contributed by atoms with Crippen LogP contribution in [0.25, 0.3) is 6.08 Å². The number of amides is 1. The number of rotatable bonds is 7. The molecule has 1 amide bonds. The van der Waals surface area contributed by atoms with E-state index in [0.717, 1.165) is 6.08 Å². The minimum absolute atomic E-state index is 0.0372. The van der Waals surface area contributed by atoms with Crippen molar-refractivity contribution >= 4 is 28.8 Å². The van der Waals surface area contributed by atoms with Crippen molar-refractivity contribution in [3.8, 4) is 0 Å². The summed E-state index contributed by atoms with van der Waals surface area (Å²) >= 11 is 0. The first kappa shape index (κ1) is 17.1. The summed E-state index contributed by atoms with van der Waals surface area (Å²) in [5.74, 6) is -1.26. The highest BCUT2D eigenvalue weighted by atomic mass is 32.2. The number of carbonyl (C=O) groups is 2. The highest BCUT2D eigenvalue weighted by molar-refractivity contribution is 7.84. The summed E-state index contributed by atoms with van der Waals surface area (Å²) in [6.45, 7) is 2.33. The third-order valence-corrected chi connectivity index (χ3v) is 4.34. The quantitative estimate of drug-likeness (QED) is 0.751. The van der Waals surface area contributed by atoms with Gasteiger partial charge in [0.05, 0.1) is 0 Å². The van der Waals surface area contributed by atoms with Crippen molar-refractivity contribution in [2.24, 2.45) is 0 Å². The van der Waals surface area contributed by atoms with E-state index < -0.39 is 16.8 Å². The predicted octanol–water partition coefficient (Wildman–Crippen LogP) is 1.67. The molecule has 0 aliphatic heterocycles. The van der Waals surface area contributed by atoms with E-state index in [1.807, 2.05) is 6.92 Å². The summed E-state index contributed by atoms with van der Waals surface area (Å²) < 4.78 is 11.2. The van der Waals surface area contributed by atoms with Gasteiger partial charge in [-0.3, -0.25) is 9.00 Å². The molecule has 1 aromatic carbocycles. The van der Waals surface area contributed by atoms with Crippen molar-refractivity contribution in [2.75, 3.05) is 12.8 Å². The standard InChI is InChI=1S/C15H19NO4S/c1-11(21(2)20)8-9-16-15(19)13-5-3-4-12(10-13)6-7-14(17)18/h3-7,10-11H,8-9H2,1-2H3,(H,16,19)(H,17,18)/b7-6+. The van der Waals surface area contributed by atoms with Crippen molar-refractivity contribution in [2.45, 2.75) is 18.6 Å². The van der Waals surface area contributed by atoms with Crippen LogP contribution in [0.2, 0.25) is 0 Å². The Morgan fingerprint density at radius 2 is 2.14 bits per heavy atom. The maximum absolute atomic E-state index is 12.0. The summed E-state index contributed by atoms with van der Waals surface area (Å²) in [6.07, 6.45) is 4.74. The van der Waals surface area contributed by atoms with Gasteiger partial charge in [-0.15, -0.1) is 0 Å². The number of hydrogen-bond donors (Lipinski definition) is 2. The Morgan fingerprint density at radius 1 is 1.43 bits per heavy atom. The van der Waals surface area contributed by atoms with Crippen LogP contribution in [0, 0.1) is 0 Å². The zero-order valence-electron chi connectivity index (χ0n) is 12.0. The van der Waals surface area contributed by atoms with E-state index in [0.29, 0.717) is 24.1 Å². The Bertz CT molecular complexity index is 569. The first-order chi connectivity index (χ1) is 9.90. The van der Waals surface area contributed by atoms with E-state index in [9.17, 15) is 13.8 Å².